The van der Waals surface area contributed by atoms with Crippen LogP contribution in [0.1, 0.15) is 15.9 Å². The zero-order valence-corrected chi connectivity index (χ0v) is 25.2. The zero-order chi connectivity index (χ0) is 33.0. The first-order chi connectivity index (χ1) is 22.0. The Morgan fingerprint density at radius 1 is 0.826 bits per heavy atom. The van der Waals surface area contributed by atoms with E-state index in [1.165, 1.54) is 18.3 Å². The number of nitrogen functional groups attached to an aromatic ring is 1. The Morgan fingerprint density at radius 3 is 2.11 bits per heavy atom. The normalized spacial score (nSPS) is 11.3. The van der Waals surface area contributed by atoms with E-state index in [1.54, 1.807) is 50.7 Å². The fourth-order valence-corrected chi connectivity index (χ4v) is 5.00. The van der Waals surface area contributed by atoms with Crippen molar-refractivity contribution in [3.05, 3.63) is 119 Å². The maximum Gasteiger partial charge on any atom is 0.373 e. The van der Waals surface area contributed by atoms with Crippen LogP contribution in [0.15, 0.2) is 96.2 Å². The molecule has 2 aromatic heterocycles. The number of rotatable bonds is 11. The lowest BCUT2D eigenvalue weighted by atomic mass is 9.97. The van der Waals surface area contributed by atoms with Crippen LogP contribution in [0.2, 0.25) is 0 Å². The molecule has 2 N–H and O–H groups in total. The Morgan fingerprint density at radius 2 is 1.46 bits per heavy atom. The third kappa shape index (κ3) is 6.94. The summed E-state index contributed by atoms with van der Waals surface area (Å²) in [5, 5.41) is 0. The molecule has 0 bridgehead atoms. The Balaban J connectivity index is 1.43. The number of ether oxygens (including phenoxy) is 3. The molecule has 11 heteroatoms. The lowest BCUT2D eigenvalue weighted by Gasteiger charge is -2.18. The number of ketones is 1. The summed E-state index contributed by atoms with van der Waals surface area (Å²) in [6.45, 7) is -0.940. The Bertz CT molecular complexity index is 1940. The van der Waals surface area contributed by atoms with Crippen LogP contribution in [0.3, 0.4) is 0 Å². The van der Waals surface area contributed by atoms with Crippen LogP contribution in [0, 0.1) is 5.82 Å². The first kappa shape index (κ1) is 32.0. The van der Waals surface area contributed by atoms with Crippen molar-refractivity contribution in [2.24, 2.45) is 0 Å². The molecule has 8 nitrogen and oxygen atoms in total. The highest BCUT2D eigenvalue weighted by atomic mass is 19.3. The van der Waals surface area contributed by atoms with Crippen molar-refractivity contribution in [1.82, 2.24) is 9.55 Å². The van der Waals surface area contributed by atoms with Crippen molar-refractivity contribution in [3.63, 3.8) is 0 Å². The first-order valence-corrected chi connectivity index (χ1v) is 14.1. The van der Waals surface area contributed by atoms with E-state index < -0.39 is 29.7 Å². The van der Waals surface area contributed by atoms with E-state index in [4.69, 9.17) is 15.2 Å². The van der Waals surface area contributed by atoms with E-state index in [0.29, 0.717) is 28.4 Å². The molecule has 0 aliphatic rings. The summed E-state index contributed by atoms with van der Waals surface area (Å²) >= 11 is 0. The van der Waals surface area contributed by atoms with Crippen molar-refractivity contribution in [2.45, 2.75) is 19.1 Å². The SMILES string of the molecule is COc1ccc(-c2cnc(N)c(-c3ccc(CC(=O)c4cn(CC(F)(F)OC)cc(-c5ccc(F)cc5)c4=O)cc3)c2)cc1OC. The molecule has 46 heavy (non-hydrogen) atoms. The number of benzene rings is 3. The quantitative estimate of drug-likeness (QED) is 0.163. The maximum atomic E-state index is 14.1. The number of alkyl halides is 2. The van der Waals surface area contributed by atoms with Gasteiger partial charge in [0.15, 0.2) is 22.7 Å². The average molecular weight is 630 g/mol. The number of carbonyl (C=O) groups is 1. The van der Waals surface area contributed by atoms with E-state index in [0.717, 1.165) is 46.7 Å². The Labute approximate surface area is 262 Å². The number of Topliss-reactive ketones (excluding diaryl/α,β-unsaturated/α-hetero) is 1. The molecule has 0 fully saturated rings. The van der Waals surface area contributed by atoms with E-state index >= 15 is 0 Å². The van der Waals surface area contributed by atoms with Gasteiger partial charge in [-0.05, 0) is 52.6 Å². The molecular weight excluding hydrogens is 599 g/mol. The predicted molar refractivity (Wildman–Crippen MR) is 169 cm³/mol. The minimum Gasteiger partial charge on any atom is -0.493 e. The third-order valence-corrected chi connectivity index (χ3v) is 7.47. The summed E-state index contributed by atoms with van der Waals surface area (Å²) in [7, 11) is 3.97. The number of halogens is 3. The number of hydrogen-bond acceptors (Lipinski definition) is 7. The standard InChI is InChI=1S/C35H30F3N3O5/c1-44-31-13-10-24(16-32(31)45-2)25-15-27(34(39)40-17-25)22-6-4-21(5-7-22)14-30(42)29-19-41(20-35(37,38)46-3)18-28(33(29)43)23-8-11-26(36)12-9-23/h4-13,15-19H,14,20H2,1-3H3,(H2,39,40). The molecule has 5 rings (SSSR count). The molecule has 2 heterocycles. The van der Waals surface area contributed by atoms with Gasteiger partial charge >= 0.3 is 6.11 Å². The van der Waals surface area contributed by atoms with Gasteiger partial charge in [-0.25, -0.2) is 9.37 Å². The molecule has 0 saturated heterocycles. The number of hydrogen-bond donors (Lipinski definition) is 1. The second-order valence-corrected chi connectivity index (χ2v) is 10.5. The Hall–Kier alpha value is -5.42. The molecule has 0 radical (unpaired) electrons. The maximum absolute atomic E-state index is 14.1. The number of pyridine rings is 2. The second kappa shape index (κ2) is 13.3. The van der Waals surface area contributed by atoms with Crippen molar-refractivity contribution in [3.8, 4) is 44.9 Å². The summed E-state index contributed by atoms with van der Waals surface area (Å²) in [6.07, 6.45) is 0.206. The monoisotopic (exact) mass is 629 g/mol. The third-order valence-electron chi connectivity index (χ3n) is 7.47. The van der Waals surface area contributed by atoms with Gasteiger partial charge in [0.1, 0.15) is 18.2 Å². The van der Waals surface area contributed by atoms with Gasteiger partial charge in [-0.15, -0.1) is 0 Å². The molecular formula is C35H30F3N3O5. The molecule has 0 atom stereocenters. The fraction of sp³-hybridized carbons (Fsp3) is 0.171. The van der Waals surface area contributed by atoms with Crippen LogP contribution < -0.4 is 20.6 Å². The van der Waals surface area contributed by atoms with E-state index in [-0.39, 0.29) is 23.1 Å². The lowest BCUT2D eigenvalue weighted by Crippen LogP contribution is -2.28. The summed E-state index contributed by atoms with van der Waals surface area (Å²) in [5.74, 6) is 0.353. The molecule has 0 unspecified atom stereocenters. The Kier molecular flexibility index (Phi) is 9.24. The highest BCUT2D eigenvalue weighted by Crippen LogP contribution is 2.35. The number of anilines is 1. The summed E-state index contributed by atoms with van der Waals surface area (Å²) in [6, 6.07) is 19.4. The molecule has 0 amide bonds. The van der Waals surface area contributed by atoms with Gasteiger partial charge in [0.25, 0.3) is 0 Å². The summed E-state index contributed by atoms with van der Waals surface area (Å²) in [4.78, 5) is 31.2. The first-order valence-electron chi connectivity index (χ1n) is 14.1. The van der Waals surface area contributed by atoms with Gasteiger partial charge in [0, 0.05) is 48.8 Å². The number of carbonyl (C=O) groups excluding carboxylic acids is 1. The molecule has 0 aliphatic carbocycles. The zero-order valence-electron chi connectivity index (χ0n) is 25.2. The van der Waals surface area contributed by atoms with E-state index in [9.17, 15) is 22.8 Å². The molecule has 0 aliphatic heterocycles. The van der Waals surface area contributed by atoms with Crippen LogP contribution in [-0.2, 0) is 17.7 Å². The van der Waals surface area contributed by atoms with Crippen molar-refractivity contribution in [1.29, 1.82) is 0 Å². The van der Waals surface area contributed by atoms with Crippen molar-refractivity contribution in [2.75, 3.05) is 27.1 Å². The van der Waals surface area contributed by atoms with E-state index in [1.807, 2.05) is 18.2 Å². The van der Waals surface area contributed by atoms with Gasteiger partial charge in [0.05, 0.1) is 19.8 Å². The summed E-state index contributed by atoms with van der Waals surface area (Å²) in [5.41, 5.74) is 9.16. The highest BCUT2D eigenvalue weighted by Gasteiger charge is 2.29. The van der Waals surface area contributed by atoms with Gasteiger partial charge < -0.3 is 24.5 Å². The van der Waals surface area contributed by atoms with Gasteiger partial charge in [0.2, 0.25) is 0 Å². The van der Waals surface area contributed by atoms with Gasteiger partial charge in [-0.3, -0.25) is 9.59 Å². The largest absolute Gasteiger partial charge is 0.493 e. The molecule has 236 valence electrons. The molecule has 0 spiro atoms. The molecule has 0 saturated carbocycles. The molecule has 5 aromatic rings. The van der Waals surface area contributed by atoms with Crippen LogP contribution in [-0.4, -0.2) is 42.8 Å². The number of nitrogens with two attached hydrogens (primary N) is 1. The van der Waals surface area contributed by atoms with Crippen molar-refractivity contribution >= 4 is 11.6 Å². The predicted octanol–water partition coefficient (Wildman–Crippen LogP) is 6.65. The van der Waals surface area contributed by atoms with Gasteiger partial charge in [-0.1, -0.05) is 42.5 Å². The smallest absolute Gasteiger partial charge is 0.373 e. The van der Waals surface area contributed by atoms with Crippen LogP contribution in [0.4, 0.5) is 19.0 Å². The minimum atomic E-state index is -3.56. The van der Waals surface area contributed by atoms with Crippen LogP contribution in [0.25, 0.3) is 33.4 Å². The van der Waals surface area contributed by atoms with Crippen LogP contribution in [0.5, 0.6) is 11.5 Å². The fourth-order valence-electron chi connectivity index (χ4n) is 5.00. The molecule has 3 aromatic carbocycles. The van der Waals surface area contributed by atoms with Crippen molar-refractivity contribution < 1.29 is 32.2 Å². The van der Waals surface area contributed by atoms with Crippen LogP contribution >= 0.6 is 0 Å². The second-order valence-electron chi connectivity index (χ2n) is 10.5. The highest BCUT2D eigenvalue weighted by molar-refractivity contribution is 5.98. The number of nitrogens with zero attached hydrogens (tertiary/aromatic N) is 2. The number of methoxy groups -OCH3 is 3. The van der Waals surface area contributed by atoms with E-state index in [2.05, 4.69) is 9.72 Å². The lowest BCUT2D eigenvalue weighted by molar-refractivity contribution is -0.229. The number of aromatic nitrogens is 2. The topological polar surface area (TPSA) is 106 Å². The summed E-state index contributed by atoms with van der Waals surface area (Å²) < 4.78 is 57.8. The minimum absolute atomic E-state index is 0.0227. The van der Waals surface area contributed by atoms with Gasteiger partial charge in [-0.2, -0.15) is 8.78 Å². The average Bonchev–Trinajstić information content (AvgIpc) is 3.06.